The van der Waals surface area contributed by atoms with E-state index in [1.165, 1.54) is 18.6 Å². The first-order valence-corrected chi connectivity index (χ1v) is 5.26. The molecule has 14 heavy (non-hydrogen) atoms. The smallest absolute Gasteiger partial charge is 0.239 e. The maximum Gasteiger partial charge on any atom is 0.295 e. The van der Waals surface area contributed by atoms with E-state index in [-0.39, 0.29) is 0 Å². The quantitative estimate of drug-likeness (QED) is 0.372. The maximum absolute atomic E-state index is 4.33. The molecule has 0 bridgehead atoms. The Labute approximate surface area is 88.1 Å². The van der Waals surface area contributed by atoms with Gasteiger partial charge in [-0.05, 0) is 13.3 Å². The molecule has 0 radical (unpaired) electrons. The van der Waals surface area contributed by atoms with E-state index in [4.69, 9.17) is 0 Å². The third kappa shape index (κ3) is 4.95. The van der Waals surface area contributed by atoms with Gasteiger partial charge in [-0.2, -0.15) is 0 Å². The minimum Gasteiger partial charge on any atom is -0.239 e. The molecule has 2 nitrogen and oxygen atoms in total. The van der Waals surface area contributed by atoms with E-state index < -0.39 is 0 Å². The molecule has 0 aliphatic heterocycles. The Morgan fingerprint density at radius 2 is 1.86 bits per heavy atom. The fourth-order valence-electron chi connectivity index (χ4n) is 1.23. The lowest BCUT2D eigenvalue weighted by molar-refractivity contribution is -0.374. The molecule has 0 rings (SSSR count). The van der Waals surface area contributed by atoms with Crippen LogP contribution in [-0.4, -0.2) is 23.2 Å². The van der Waals surface area contributed by atoms with Gasteiger partial charge in [-0.1, -0.05) is 24.9 Å². The second kappa shape index (κ2) is 6.52. The van der Waals surface area contributed by atoms with Gasteiger partial charge in [0.15, 0.2) is 0 Å². The summed E-state index contributed by atoms with van der Waals surface area (Å²) in [6.45, 7) is 12.1. The van der Waals surface area contributed by atoms with Gasteiger partial charge in [-0.25, -0.2) is 4.58 Å². The van der Waals surface area contributed by atoms with Crippen molar-refractivity contribution >= 4 is 11.5 Å². The molecular weight excluding hydrogens is 172 g/mol. The Hall–Kier alpha value is -0.920. The summed E-state index contributed by atoms with van der Waals surface area (Å²) in [4.78, 5) is 4.33. The van der Waals surface area contributed by atoms with Crippen molar-refractivity contribution in [1.82, 2.24) is 0 Å². The molecule has 80 valence electrons. The lowest BCUT2D eigenvalue weighted by atomic mass is 10.2. The van der Waals surface area contributed by atoms with E-state index in [1.54, 1.807) is 0 Å². The topological polar surface area (TPSA) is 15.4 Å². The highest BCUT2D eigenvalue weighted by atomic mass is 15.1. The summed E-state index contributed by atoms with van der Waals surface area (Å²) < 4.78 is 2.14. The molecule has 2 heteroatoms. The summed E-state index contributed by atoms with van der Waals surface area (Å²) in [6.07, 6.45) is 3.63. The summed E-state index contributed by atoms with van der Waals surface area (Å²) in [5.74, 6) is 1.02. The highest BCUT2D eigenvalue weighted by Gasteiger charge is 2.07. The SMILES string of the molecule is C=C(C)N=C(C)[N+](C)=C(C)CCCC. The molecule has 0 fully saturated rings. The van der Waals surface area contributed by atoms with Crippen LogP contribution in [0.1, 0.15) is 47.0 Å². The highest BCUT2D eigenvalue weighted by molar-refractivity contribution is 5.84. The Morgan fingerprint density at radius 3 is 2.29 bits per heavy atom. The second-order valence-corrected chi connectivity index (χ2v) is 3.79. The molecule has 0 aromatic carbocycles. The zero-order valence-corrected chi connectivity index (χ0v) is 10.2. The molecule has 0 N–H and O–H groups in total. The predicted molar refractivity (Wildman–Crippen MR) is 64.3 cm³/mol. The first-order chi connectivity index (χ1) is 6.49. The van der Waals surface area contributed by atoms with E-state index in [2.05, 4.69) is 37.0 Å². The fourth-order valence-corrected chi connectivity index (χ4v) is 1.23. The van der Waals surface area contributed by atoms with Crippen molar-refractivity contribution in [3.05, 3.63) is 12.3 Å². The van der Waals surface area contributed by atoms with E-state index in [0.29, 0.717) is 0 Å². The number of hydrogen-bond acceptors (Lipinski definition) is 1. The van der Waals surface area contributed by atoms with Gasteiger partial charge in [-0.3, -0.25) is 0 Å². The summed E-state index contributed by atoms with van der Waals surface area (Å²) in [6, 6.07) is 0. The zero-order chi connectivity index (χ0) is 11.1. The number of aliphatic imine (C=N–C) groups is 1. The van der Waals surface area contributed by atoms with Gasteiger partial charge in [-0.15, -0.1) is 0 Å². The van der Waals surface area contributed by atoms with Gasteiger partial charge >= 0.3 is 0 Å². The minimum atomic E-state index is 0.859. The molecule has 0 amide bonds. The monoisotopic (exact) mass is 195 g/mol. The number of unbranched alkanes of at least 4 members (excludes halogenated alkanes) is 1. The second-order valence-electron chi connectivity index (χ2n) is 3.79. The van der Waals surface area contributed by atoms with Crippen molar-refractivity contribution < 1.29 is 4.58 Å². The van der Waals surface area contributed by atoms with Crippen LogP contribution in [0.4, 0.5) is 0 Å². The Kier molecular flexibility index (Phi) is 6.09. The van der Waals surface area contributed by atoms with Crippen LogP contribution in [-0.2, 0) is 0 Å². The van der Waals surface area contributed by atoms with Crippen molar-refractivity contribution in [1.29, 1.82) is 0 Å². The van der Waals surface area contributed by atoms with Crippen LogP contribution < -0.4 is 0 Å². The van der Waals surface area contributed by atoms with E-state index >= 15 is 0 Å². The Balaban J connectivity index is 4.55. The van der Waals surface area contributed by atoms with Gasteiger partial charge in [0.1, 0.15) is 5.70 Å². The average Bonchev–Trinajstić information content (AvgIpc) is 2.11. The van der Waals surface area contributed by atoms with E-state index in [9.17, 15) is 0 Å². The maximum atomic E-state index is 4.33. The lowest BCUT2D eigenvalue weighted by Crippen LogP contribution is -2.20. The van der Waals surface area contributed by atoms with Crippen LogP contribution in [0.5, 0.6) is 0 Å². The zero-order valence-electron chi connectivity index (χ0n) is 10.2. The normalized spacial score (nSPS) is 13.9. The third-order valence-electron chi connectivity index (χ3n) is 2.30. The van der Waals surface area contributed by atoms with Crippen LogP contribution in [0.25, 0.3) is 0 Å². The fraction of sp³-hybridized carbons (Fsp3) is 0.667. The highest BCUT2D eigenvalue weighted by Crippen LogP contribution is 1.98. The van der Waals surface area contributed by atoms with Crippen molar-refractivity contribution in [2.24, 2.45) is 4.99 Å². The molecule has 0 aliphatic carbocycles. The van der Waals surface area contributed by atoms with Crippen LogP contribution in [0.15, 0.2) is 17.3 Å². The van der Waals surface area contributed by atoms with Gasteiger partial charge in [0.05, 0.1) is 12.8 Å². The number of amidine groups is 1. The molecule has 0 saturated carbocycles. The third-order valence-corrected chi connectivity index (χ3v) is 2.30. The van der Waals surface area contributed by atoms with Crippen molar-refractivity contribution in [3.63, 3.8) is 0 Å². The Morgan fingerprint density at radius 1 is 1.29 bits per heavy atom. The first kappa shape index (κ1) is 13.1. The van der Waals surface area contributed by atoms with Gasteiger partial charge < -0.3 is 0 Å². The van der Waals surface area contributed by atoms with Crippen LogP contribution in [0, 0.1) is 0 Å². The summed E-state index contributed by atoms with van der Waals surface area (Å²) in [5, 5.41) is 0. The van der Waals surface area contributed by atoms with Crippen LogP contribution in [0.3, 0.4) is 0 Å². The molecule has 0 aromatic rings. The lowest BCUT2D eigenvalue weighted by Gasteiger charge is -2.02. The molecule has 0 aromatic heterocycles. The van der Waals surface area contributed by atoms with E-state index in [1.807, 2.05) is 13.8 Å². The van der Waals surface area contributed by atoms with Gasteiger partial charge in [0, 0.05) is 20.3 Å². The number of nitrogens with zero attached hydrogens (tertiary/aromatic N) is 2. The van der Waals surface area contributed by atoms with Crippen molar-refractivity contribution in [2.45, 2.75) is 47.0 Å². The number of rotatable bonds is 4. The largest absolute Gasteiger partial charge is 0.295 e. The number of hydrogen-bond donors (Lipinski definition) is 0. The molecular formula is C12H23N2+. The average molecular weight is 195 g/mol. The Bertz CT molecular complexity index is 259. The summed E-state index contributed by atoms with van der Waals surface area (Å²) in [5.41, 5.74) is 2.23. The molecule has 0 saturated heterocycles. The van der Waals surface area contributed by atoms with Gasteiger partial charge in [0.25, 0.3) is 5.84 Å². The molecule has 0 aliphatic rings. The van der Waals surface area contributed by atoms with Crippen molar-refractivity contribution in [2.75, 3.05) is 7.05 Å². The van der Waals surface area contributed by atoms with E-state index in [0.717, 1.165) is 18.0 Å². The van der Waals surface area contributed by atoms with Crippen LogP contribution >= 0.6 is 0 Å². The van der Waals surface area contributed by atoms with Crippen LogP contribution in [0.2, 0.25) is 0 Å². The summed E-state index contributed by atoms with van der Waals surface area (Å²) in [7, 11) is 2.06. The van der Waals surface area contributed by atoms with Crippen molar-refractivity contribution in [3.8, 4) is 0 Å². The van der Waals surface area contributed by atoms with Gasteiger partial charge in [0.2, 0.25) is 0 Å². The number of allylic oxidation sites excluding steroid dienone is 1. The summed E-state index contributed by atoms with van der Waals surface area (Å²) >= 11 is 0. The first-order valence-electron chi connectivity index (χ1n) is 5.26. The minimum absolute atomic E-state index is 0.859. The standard InChI is InChI=1S/C12H23N2/c1-7-8-9-11(4)14(6)12(5)13-10(2)3/h2,7-9H2,1,3-6H3/q+1. The molecule has 0 heterocycles. The predicted octanol–water partition coefficient (Wildman–Crippen LogP) is 3.23. The molecule has 0 spiro atoms. The molecule has 0 unspecified atom stereocenters. The molecule has 0 atom stereocenters.